The highest BCUT2D eigenvalue weighted by Gasteiger charge is 2.25. The highest BCUT2D eigenvalue weighted by Crippen LogP contribution is 2.34. The van der Waals surface area contributed by atoms with Crippen molar-refractivity contribution >= 4 is 28.7 Å². The average Bonchev–Trinajstić information content (AvgIpc) is 2.87. The SMILES string of the molecule is COc1ccc2nccc(/C=C/[C@H]3CC[C@H](C(=O)Nc4ccc5c(c4)OCCO5)CC3)c2n1. The highest BCUT2D eigenvalue weighted by molar-refractivity contribution is 5.93. The normalized spacial score (nSPS) is 20.0. The number of pyridine rings is 2. The molecule has 3 aromatic rings. The Kier molecular flexibility index (Phi) is 6.11. The number of amides is 1. The molecule has 33 heavy (non-hydrogen) atoms. The molecule has 0 unspecified atom stereocenters. The van der Waals surface area contributed by atoms with Gasteiger partial charge in [0.1, 0.15) is 13.2 Å². The molecule has 0 bridgehead atoms. The zero-order valence-corrected chi connectivity index (χ0v) is 18.6. The molecule has 0 spiro atoms. The summed E-state index contributed by atoms with van der Waals surface area (Å²) in [6.07, 6.45) is 9.87. The lowest BCUT2D eigenvalue weighted by Crippen LogP contribution is -2.27. The molecule has 2 aliphatic rings. The van der Waals surface area contributed by atoms with Crippen LogP contribution < -0.4 is 19.5 Å². The average molecular weight is 446 g/mol. The minimum atomic E-state index is 0.0236. The van der Waals surface area contributed by atoms with E-state index in [1.807, 2.05) is 36.4 Å². The van der Waals surface area contributed by atoms with Crippen molar-refractivity contribution in [3.63, 3.8) is 0 Å². The van der Waals surface area contributed by atoms with Crippen LogP contribution in [0.25, 0.3) is 17.1 Å². The van der Waals surface area contributed by atoms with E-state index in [2.05, 4.69) is 27.4 Å². The van der Waals surface area contributed by atoms with Crippen LogP contribution in [0.1, 0.15) is 31.2 Å². The van der Waals surface area contributed by atoms with Crippen molar-refractivity contribution in [1.29, 1.82) is 0 Å². The predicted octanol–water partition coefficient (Wildman–Crippen LogP) is 4.87. The van der Waals surface area contributed by atoms with Gasteiger partial charge in [-0.1, -0.05) is 12.2 Å². The van der Waals surface area contributed by atoms with Gasteiger partial charge in [0.05, 0.1) is 18.1 Å². The summed E-state index contributed by atoms with van der Waals surface area (Å²) in [5.74, 6) is 2.53. The van der Waals surface area contributed by atoms with E-state index in [0.29, 0.717) is 30.8 Å². The van der Waals surface area contributed by atoms with Gasteiger partial charge in [-0.05, 0) is 55.9 Å². The first-order valence-corrected chi connectivity index (χ1v) is 11.4. The van der Waals surface area contributed by atoms with Gasteiger partial charge in [-0.15, -0.1) is 0 Å². The number of ether oxygens (including phenoxy) is 3. The third-order valence-corrected chi connectivity index (χ3v) is 6.30. The van der Waals surface area contributed by atoms with Gasteiger partial charge < -0.3 is 19.5 Å². The number of carbonyl (C=O) groups excluding carboxylic acids is 1. The van der Waals surface area contributed by atoms with Gasteiger partial charge in [0.2, 0.25) is 11.8 Å². The Morgan fingerprint density at radius 1 is 1.06 bits per heavy atom. The van der Waals surface area contributed by atoms with E-state index in [0.717, 1.165) is 53.7 Å². The summed E-state index contributed by atoms with van der Waals surface area (Å²) in [5, 5.41) is 3.05. The first kappa shape index (κ1) is 21.2. The fourth-order valence-electron chi connectivity index (χ4n) is 4.45. The zero-order valence-electron chi connectivity index (χ0n) is 18.6. The van der Waals surface area contributed by atoms with Gasteiger partial charge in [0.25, 0.3) is 0 Å². The predicted molar refractivity (Wildman–Crippen MR) is 127 cm³/mol. The number of methoxy groups -OCH3 is 1. The lowest BCUT2D eigenvalue weighted by molar-refractivity contribution is -0.120. The molecule has 7 nitrogen and oxygen atoms in total. The molecule has 3 heterocycles. The number of hydrogen-bond acceptors (Lipinski definition) is 6. The molecule has 1 fully saturated rings. The number of nitrogens with one attached hydrogen (secondary N) is 1. The van der Waals surface area contributed by atoms with Crippen LogP contribution >= 0.6 is 0 Å². The molecule has 170 valence electrons. The summed E-state index contributed by atoms with van der Waals surface area (Å²) in [4.78, 5) is 21.7. The van der Waals surface area contributed by atoms with Crippen molar-refractivity contribution in [1.82, 2.24) is 9.97 Å². The number of fused-ring (bicyclic) bond motifs is 2. The number of aromatic nitrogens is 2. The summed E-state index contributed by atoms with van der Waals surface area (Å²) in [6.45, 7) is 1.08. The molecule has 0 atom stereocenters. The maximum absolute atomic E-state index is 12.8. The molecule has 0 radical (unpaired) electrons. The number of anilines is 1. The van der Waals surface area contributed by atoms with Crippen LogP contribution in [0.5, 0.6) is 17.4 Å². The van der Waals surface area contributed by atoms with Crippen molar-refractivity contribution in [2.24, 2.45) is 11.8 Å². The fourth-order valence-corrected chi connectivity index (χ4v) is 4.45. The van der Waals surface area contributed by atoms with Crippen LogP contribution in [0.15, 0.2) is 48.7 Å². The maximum Gasteiger partial charge on any atom is 0.227 e. The van der Waals surface area contributed by atoms with Crippen molar-refractivity contribution in [3.05, 3.63) is 54.2 Å². The zero-order chi connectivity index (χ0) is 22.6. The van der Waals surface area contributed by atoms with Gasteiger partial charge in [0, 0.05) is 35.5 Å². The molecule has 1 N–H and O–H groups in total. The van der Waals surface area contributed by atoms with E-state index in [4.69, 9.17) is 14.2 Å². The third kappa shape index (κ3) is 4.77. The van der Waals surface area contributed by atoms with Gasteiger partial charge in [-0.25, -0.2) is 4.98 Å². The monoisotopic (exact) mass is 445 g/mol. The van der Waals surface area contributed by atoms with Crippen LogP contribution in [-0.2, 0) is 4.79 Å². The van der Waals surface area contributed by atoms with Crippen LogP contribution in [-0.4, -0.2) is 36.2 Å². The number of hydrogen-bond donors (Lipinski definition) is 1. The molecule has 1 saturated carbocycles. The Labute approximate surface area is 192 Å². The van der Waals surface area contributed by atoms with Crippen LogP contribution in [0.3, 0.4) is 0 Å². The molecule has 5 rings (SSSR count). The number of allylic oxidation sites excluding steroid dienone is 1. The molecule has 0 saturated heterocycles. The summed E-state index contributed by atoms with van der Waals surface area (Å²) in [6, 6.07) is 11.3. The lowest BCUT2D eigenvalue weighted by Gasteiger charge is -2.26. The number of nitrogens with zero attached hydrogens (tertiary/aromatic N) is 2. The Morgan fingerprint density at radius 3 is 2.70 bits per heavy atom. The molecule has 1 amide bonds. The van der Waals surface area contributed by atoms with Crippen molar-refractivity contribution in [3.8, 4) is 17.4 Å². The Bertz CT molecular complexity index is 1190. The molecule has 1 aromatic carbocycles. The number of benzene rings is 1. The molecular formula is C26H27N3O4. The van der Waals surface area contributed by atoms with Gasteiger partial charge in [0.15, 0.2) is 11.5 Å². The van der Waals surface area contributed by atoms with E-state index in [-0.39, 0.29) is 11.8 Å². The minimum absolute atomic E-state index is 0.0236. The van der Waals surface area contributed by atoms with E-state index < -0.39 is 0 Å². The quantitative estimate of drug-likeness (QED) is 0.603. The highest BCUT2D eigenvalue weighted by atomic mass is 16.6. The molecule has 1 aliphatic heterocycles. The third-order valence-electron chi connectivity index (χ3n) is 6.30. The van der Waals surface area contributed by atoms with Gasteiger partial charge >= 0.3 is 0 Å². The van der Waals surface area contributed by atoms with Crippen LogP contribution in [0, 0.1) is 11.8 Å². The molecule has 7 heteroatoms. The van der Waals surface area contributed by atoms with Gasteiger partial charge in [-0.3, -0.25) is 9.78 Å². The van der Waals surface area contributed by atoms with E-state index in [1.54, 1.807) is 13.3 Å². The summed E-state index contributed by atoms with van der Waals surface area (Å²) >= 11 is 0. The topological polar surface area (TPSA) is 82.6 Å². The lowest BCUT2D eigenvalue weighted by atomic mass is 9.81. The number of carbonyl (C=O) groups is 1. The first-order chi connectivity index (χ1) is 16.2. The smallest absolute Gasteiger partial charge is 0.227 e. The van der Waals surface area contributed by atoms with Crippen molar-refractivity contribution < 1.29 is 19.0 Å². The van der Waals surface area contributed by atoms with Crippen LogP contribution in [0.4, 0.5) is 5.69 Å². The largest absolute Gasteiger partial charge is 0.486 e. The standard InChI is InChI=1S/C26H27N3O4/c1-31-24-11-9-21-25(29-24)18(12-13-27-21)5-2-17-3-6-19(7-4-17)26(30)28-20-8-10-22-23(16-20)33-15-14-32-22/h2,5,8-13,16-17,19H,3-4,6-7,14-15H2,1H3,(H,28,30)/b5-2+/t17-,19-. The van der Waals surface area contributed by atoms with E-state index in [9.17, 15) is 4.79 Å². The summed E-state index contributed by atoms with van der Waals surface area (Å²) < 4.78 is 16.4. The first-order valence-electron chi connectivity index (χ1n) is 11.4. The summed E-state index contributed by atoms with van der Waals surface area (Å²) in [5.41, 5.74) is 3.45. The van der Waals surface area contributed by atoms with Crippen molar-refractivity contribution in [2.45, 2.75) is 25.7 Å². The van der Waals surface area contributed by atoms with Crippen LogP contribution in [0.2, 0.25) is 0 Å². The van der Waals surface area contributed by atoms with E-state index in [1.165, 1.54) is 0 Å². The Morgan fingerprint density at radius 2 is 1.88 bits per heavy atom. The second-order valence-corrected chi connectivity index (χ2v) is 8.44. The second-order valence-electron chi connectivity index (χ2n) is 8.44. The minimum Gasteiger partial charge on any atom is -0.486 e. The second kappa shape index (κ2) is 9.48. The molecular weight excluding hydrogens is 418 g/mol. The fraction of sp³-hybridized carbons (Fsp3) is 0.346. The van der Waals surface area contributed by atoms with E-state index >= 15 is 0 Å². The van der Waals surface area contributed by atoms with Crippen molar-refractivity contribution in [2.75, 3.05) is 25.6 Å². The maximum atomic E-state index is 12.8. The van der Waals surface area contributed by atoms with Gasteiger partial charge in [-0.2, -0.15) is 0 Å². The Balaban J connectivity index is 1.19. The molecule has 1 aliphatic carbocycles. The number of rotatable bonds is 5. The summed E-state index contributed by atoms with van der Waals surface area (Å²) in [7, 11) is 1.61. The Hall–Kier alpha value is -3.61. The molecule has 2 aromatic heterocycles.